The number of hydrogen-bond acceptors (Lipinski definition) is 1. The fraction of sp³-hybridized carbons (Fsp3) is 0.667. The van der Waals surface area contributed by atoms with Gasteiger partial charge in [-0.3, -0.25) is 0 Å². The Kier molecular flexibility index (Phi) is 5.30. The van der Waals surface area contributed by atoms with Gasteiger partial charge in [0.1, 0.15) is 0 Å². The van der Waals surface area contributed by atoms with E-state index in [0.717, 1.165) is 12.3 Å². The first-order valence-corrected chi connectivity index (χ1v) is 8.09. The van der Waals surface area contributed by atoms with Gasteiger partial charge in [-0.05, 0) is 56.1 Å². The molecule has 19 heavy (non-hydrogen) atoms. The molecular formula is C18H29N. The summed E-state index contributed by atoms with van der Waals surface area (Å²) in [6, 6.07) is 7.36. The normalized spacial score (nSPS) is 23.3. The lowest BCUT2D eigenvalue weighted by molar-refractivity contribution is 0.319. The predicted molar refractivity (Wildman–Crippen MR) is 84.8 cm³/mol. The standard InChI is InChI=1S/C18H29N/c1-4-7-15-10-12-17(13-11-15)19-18-14(3)8-6-9-16(18)5-2/h6,8-9,15,17,19H,4-5,7,10-13H2,1-3H3. The van der Waals surface area contributed by atoms with Crippen LogP contribution < -0.4 is 5.32 Å². The largest absolute Gasteiger partial charge is 0.382 e. The molecule has 1 aliphatic rings. The molecule has 0 atom stereocenters. The molecule has 106 valence electrons. The number of aryl methyl sites for hydroxylation is 2. The van der Waals surface area contributed by atoms with Crippen LogP contribution in [-0.2, 0) is 6.42 Å². The molecule has 1 aromatic carbocycles. The number of anilines is 1. The van der Waals surface area contributed by atoms with Gasteiger partial charge in [-0.1, -0.05) is 44.9 Å². The molecule has 1 heteroatoms. The van der Waals surface area contributed by atoms with E-state index in [0.29, 0.717) is 6.04 Å². The monoisotopic (exact) mass is 259 g/mol. The van der Waals surface area contributed by atoms with Gasteiger partial charge in [0.05, 0.1) is 0 Å². The highest BCUT2D eigenvalue weighted by molar-refractivity contribution is 5.57. The maximum atomic E-state index is 3.83. The zero-order chi connectivity index (χ0) is 13.7. The van der Waals surface area contributed by atoms with Crippen molar-refractivity contribution in [3.63, 3.8) is 0 Å². The van der Waals surface area contributed by atoms with Crippen molar-refractivity contribution in [3.05, 3.63) is 29.3 Å². The number of nitrogens with one attached hydrogen (secondary N) is 1. The molecular weight excluding hydrogens is 230 g/mol. The van der Waals surface area contributed by atoms with Gasteiger partial charge in [0.2, 0.25) is 0 Å². The fourth-order valence-electron chi connectivity index (χ4n) is 3.44. The fourth-order valence-corrected chi connectivity index (χ4v) is 3.44. The summed E-state index contributed by atoms with van der Waals surface area (Å²) >= 11 is 0. The van der Waals surface area contributed by atoms with Gasteiger partial charge in [-0.25, -0.2) is 0 Å². The summed E-state index contributed by atoms with van der Waals surface area (Å²) in [4.78, 5) is 0. The van der Waals surface area contributed by atoms with E-state index >= 15 is 0 Å². The molecule has 1 nitrogen and oxygen atoms in total. The van der Waals surface area contributed by atoms with Gasteiger partial charge in [0, 0.05) is 11.7 Å². The van der Waals surface area contributed by atoms with Crippen LogP contribution in [0.15, 0.2) is 18.2 Å². The Balaban J connectivity index is 1.96. The van der Waals surface area contributed by atoms with Crippen LogP contribution in [0.2, 0.25) is 0 Å². The highest BCUT2D eigenvalue weighted by Crippen LogP contribution is 2.31. The van der Waals surface area contributed by atoms with Crippen LogP contribution in [0, 0.1) is 12.8 Å². The SMILES string of the molecule is CCCC1CCC(Nc2c(C)cccc2CC)CC1. The van der Waals surface area contributed by atoms with Crippen molar-refractivity contribution in [2.24, 2.45) is 5.92 Å². The molecule has 1 aliphatic carbocycles. The van der Waals surface area contributed by atoms with Crippen LogP contribution in [-0.4, -0.2) is 6.04 Å². The second-order valence-electron chi connectivity index (χ2n) is 6.11. The summed E-state index contributed by atoms with van der Waals surface area (Å²) < 4.78 is 0. The van der Waals surface area contributed by atoms with E-state index in [1.54, 1.807) is 0 Å². The Morgan fingerprint density at radius 1 is 1.11 bits per heavy atom. The minimum absolute atomic E-state index is 0.694. The Hall–Kier alpha value is -0.980. The Labute approximate surface area is 118 Å². The molecule has 1 aromatic rings. The van der Waals surface area contributed by atoms with Gasteiger partial charge in [-0.15, -0.1) is 0 Å². The van der Waals surface area contributed by atoms with Crippen molar-refractivity contribution < 1.29 is 0 Å². The van der Waals surface area contributed by atoms with Crippen molar-refractivity contribution in [2.75, 3.05) is 5.32 Å². The van der Waals surface area contributed by atoms with Crippen molar-refractivity contribution in [2.45, 2.75) is 71.8 Å². The molecule has 0 aromatic heterocycles. The first-order valence-electron chi connectivity index (χ1n) is 8.09. The lowest BCUT2D eigenvalue weighted by atomic mass is 9.83. The summed E-state index contributed by atoms with van der Waals surface area (Å²) in [7, 11) is 0. The van der Waals surface area contributed by atoms with Crippen molar-refractivity contribution in [3.8, 4) is 0 Å². The van der Waals surface area contributed by atoms with E-state index in [1.807, 2.05) is 0 Å². The summed E-state index contributed by atoms with van der Waals surface area (Å²) in [6.07, 6.45) is 9.43. The van der Waals surface area contributed by atoms with E-state index in [-0.39, 0.29) is 0 Å². The summed E-state index contributed by atoms with van der Waals surface area (Å²) in [6.45, 7) is 6.79. The topological polar surface area (TPSA) is 12.0 Å². The molecule has 0 aliphatic heterocycles. The first-order chi connectivity index (χ1) is 9.24. The molecule has 0 bridgehead atoms. The summed E-state index contributed by atoms with van der Waals surface area (Å²) in [5, 5.41) is 3.83. The number of hydrogen-bond donors (Lipinski definition) is 1. The van der Waals surface area contributed by atoms with Crippen LogP contribution in [0.5, 0.6) is 0 Å². The Morgan fingerprint density at radius 2 is 1.84 bits per heavy atom. The smallest absolute Gasteiger partial charge is 0.0404 e. The van der Waals surface area contributed by atoms with E-state index < -0.39 is 0 Å². The minimum Gasteiger partial charge on any atom is -0.382 e. The average molecular weight is 259 g/mol. The first kappa shape index (κ1) is 14.4. The van der Waals surface area contributed by atoms with Crippen LogP contribution in [0.1, 0.15) is 63.5 Å². The van der Waals surface area contributed by atoms with E-state index in [9.17, 15) is 0 Å². The summed E-state index contributed by atoms with van der Waals surface area (Å²) in [5.41, 5.74) is 4.27. The zero-order valence-electron chi connectivity index (χ0n) is 12.8. The predicted octanol–water partition coefficient (Wildman–Crippen LogP) is 5.33. The molecule has 1 N–H and O–H groups in total. The molecule has 2 rings (SSSR count). The van der Waals surface area contributed by atoms with Crippen molar-refractivity contribution in [1.29, 1.82) is 0 Å². The van der Waals surface area contributed by atoms with Crippen LogP contribution in [0.4, 0.5) is 5.69 Å². The Morgan fingerprint density at radius 3 is 2.47 bits per heavy atom. The van der Waals surface area contributed by atoms with E-state index in [1.165, 1.54) is 55.3 Å². The number of para-hydroxylation sites is 1. The van der Waals surface area contributed by atoms with Gasteiger partial charge in [0.15, 0.2) is 0 Å². The lowest BCUT2D eigenvalue weighted by Crippen LogP contribution is -2.26. The molecule has 1 saturated carbocycles. The highest BCUT2D eigenvalue weighted by Gasteiger charge is 2.21. The second kappa shape index (κ2) is 6.98. The molecule has 0 amide bonds. The molecule has 0 saturated heterocycles. The van der Waals surface area contributed by atoms with Gasteiger partial charge >= 0.3 is 0 Å². The quantitative estimate of drug-likeness (QED) is 0.753. The summed E-state index contributed by atoms with van der Waals surface area (Å²) in [5.74, 6) is 0.991. The van der Waals surface area contributed by atoms with Crippen molar-refractivity contribution in [1.82, 2.24) is 0 Å². The van der Waals surface area contributed by atoms with E-state index in [4.69, 9.17) is 0 Å². The molecule has 0 unspecified atom stereocenters. The third-order valence-corrected chi connectivity index (χ3v) is 4.63. The van der Waals surface area contributed by atoms with Crippen LogP contribution in [0.25, 0.3) is 0 Å². The third kappa shape index (κ3) is 3.75. The average Bonchev–Trinajstić information content (AvgIpc) is 2.43. The van der Waals surface area contributed by atoms with Gasteiger partial charge < -0.3 is 5.32 Å². The van der Waals surface area contributed by atoms with Gasteiger partial charge in [-0.2, -0.15) is 0 Å². The Bertz CT molecular complexity index is 389. The molecule has 0 spiro atoms. The van der Waals surface area contributed by atoms with Crippen molar-refractivity contribution >= 4 is 5.69 Å². The van der Waals surface area contributed by atoms with E-state index in [2.05, 4.69) is 44.3 Å². The number of benzene rings is 1. The van der Waals surface area contributed by atoms with Crippen LogP contribution in [0.3, 0.4) is 0 Å². The maximum Gasteiger partial charge on any atom is 0.0404 e. The third-order valence-electron chi connectivity index (χ3n) is 4.63. The maximum absolute atomic E-state index is 3.83. The number of rotatable bonds is 5. The zero-order valence-corrected chi connectivity index (χ0v) is 12.8. The molecule has 1 fully saturated rings. The second-order valence-corrected chi connectivity index (χ2v) is 6.11. The molecule has 0 radical (unpaired) electrons. The lowest BCUT2D eigenvalue weighted by Gasteiger charge is -2.30. The van der Waals surface area contributed by atoms with Crippen LogP contribution >= 0.6 is 0 Å². The van der Waals surface area contributed by atoms with Gasteiger partial charge in [0.25, 0.3) is 0 Å². The minimum atomic E-state index is 0.694. The highest BCUT2D eigenvalue weighted by atomic mass is 14.9. The molecule has 0 heterocycles.